The molecule has 0 aromatic carbocycles. The number of nitrogens with zero attached hydrogens (tertiary/aromatic N) is 2. The lowest BCUT2D eigenvalue weighted by Crippen LogP contribution is -2.07. The fraction of sp³-hybridized carbons (Fsp3) is 0.778. The second-order valence-corrected chi connectivity index (χ2v) is 4.95. The number of aromatic nitrogens is 3. The summed E-state index contributed by atoms with van der Waals surface area (Å²) in [6.45, 7) is 5.31. The van der Waals surface area contributed by atoms with E-state index >= 15 is 0 Å². The van der Waals surface area contributed by atoms with E-state index in [2.05, 4.69) is 34.9 Å². The summed E-state index contributed by atoms with van der Waals surface area (Å²) in [5.74, 6) is 1.06. The van der Waals surface area contributed by atoms with Gasteiger partial charge in [0.25, 0.3) is 0 Å². The van der Waals surface area contributed by atoms with Crippen molar-refractivity contribution < 1.29 is 0 Å². The molecular weight excluding hydrogens is 214 g/mol. The van der Waals surface area contributed by atoms with E-state index < -0.39 is 0 Å². The van der Waals surface area contributed by atoms with Crippen molar-refractivity contribution in [3.63, 3.8) is 0 Å². The largest absolute Gasteiger partial charge is 0.304 e. The molecule has 1 aromatic heterocycles. The molecule has 0 saturated carbocycles. The molecule has 1 aromatic rings. The van der Waals surface area contributed by atoms with E-state index in [0.29, 0.717) is 5.25 Å². The summed E-state index contributed by atoms with van der Waals surface area (Å²) in [6.07, 6.45) is 4.21. The summed E-state index contributed by atoms with van der Waals surface area (Å²) < 4.78 is 2.84. The number of aromatic amines is 1. The van der Waals surface area contributed by atoms with Crippen molar-refractivity contribution in [1.82, 2.24) is 14.8 Å². The molecule has 1 unspecified atom stereocenters. The van der Waals surface area contributed by atoms with Gasteiger partial charge in [0.2, 0.25) is 0 Å². The van der Waals surface area contributed by atoms with E-state index in [1.807, 2.05) is 11.8 Å². The normalized spacial score (nSPS) is 13.1. The smallest absolute Gasteiger partial charge is 0.195 e. The van der Waals surface area contributed by atoms with Crippen molar-refractivity contribution in [3.8, 4) is 0 Å². The second kappa shape index (κ2) is 5.56. The third-order valence-electron chi connectivity index (χ3n) is 2.32. The van der Waals surface area contributed by atoms with Gasteiger partial charge in [-0.2, -0.15) is 16.9 Å². The Bertz CT molecular complexity index is 329. The van der Waals surface area contributed by atoms with E-state index in [4.69, 9.17) is 12.2 Å². The maximum absolute atomic E-state index is 5.17. The van der Waals surface area contributed by atoms with Crippen LogP contribution in [-0.2, 0) is 13.0 Å². The Hall–Kier alpha value is -0.290. The Labute approximate surface area is 94.3 Å². The summed E-state index contributed by atoms with van der Waals surface area (Å²) in [7, 11) is 0. The first-order valence-corrected chi connectivity index (χ1v) is 6.55. The summed E-state index contributed by atoms with van der Waals surface area (Å²) in [6, 6.07) is 0. The van der Waals surface area contributed by atoms with Gasteiger partial charge in [-0.25, -0.2) is 0 Å². The zero-order chi connectivity index (χ0) is 10.6. The van der Waals surface area contributed by atoms with Crippen LogP contribution in [0.1, 0.15) is 26.1 Å². The SMILES string of the molecule is CCc1n[nH]c(=S)n1CCC(C)SC. The molecule has 0 aliphatic rings. The van der Waals surface area contributed by atoms with Crippen LogP contribution >= 0.6 is 24.0 Å². The lowest BCUT2D eigenvalue weighted by atomic mass is 10.3. The maximum atomic E-state index is 5.17. The molecule has 0 saturated heterocycles. The lowest BCUT2D eigenvalue weighted by molar-refractivity contribution is 0.607. The van der Waals surface area contributed by atoms with Crippen LogP contribution in [0.3, 0.4) is 0 Å². The highest BCUT2D eigenvalue weighted by atomic mass is 32.2. The molecule has 80 valence electrons. The van der Waals surface area contributed by atoms with Crippen LogP contribution in [0.25, 0.3) is 0 Å². The Balaban J connectivity index is 2.65. The van der Waals surface area contributed by atoms with Gasteiger partial charge in [-0.1, -0.05) is 13.8 Å². The van der Waals surface area contributed by atoms with Crippen LogP contribution in [-0.4, -0.2) is 26.3 Å². The van der Waals surface area contributed by atoms with Crippen molar-refractivity contribution >= 4 is 24.0 Å². The first-order valence-electron chi connectivity index (χ1n) is 4.85. The minimum Gasteiger partial charge on any atom is -0.304 e. The molecule has 0 aliphatic carbocycles. The highest BCUT2D eigenvalue weighted by Gasteiger charge is 2.05. The highest BCUT2D eigenvalue weighted by molar-refractivity contribution is 7.99. The highest BCUT2D eigenvalue weighted by Crippen LogP contribution is 2.11. The summed E-state index contributed by atoms with van der Waals surface area (Å²) in [4.78, 5) is 0. The number of aryl methyl sites for hydroxylation is 1. The van der Waals surface area contributed by atoms with Crippen molar-refractivity contribution in [2.45, 2.75) is 38.5 Å². The average Bonchev–Trinajstić information content (AvgIpc) is 2.55. The summed E-state index contributed by atoms with van der Waals surface area (Å²) in [5.41, 5.74) is 0. The van der Waals surface area contributed by atoms with E-state index in [0.717, 1.165) is 30.0 Å². The molecule has 1 rings (SSSR count). The fourth-order valence-corrected chi connectivity index (χ4v) is 1.86. The lowest BCUT2D eigenvalue weighted by Gasteiger charge is -2.09. The van der Waals surface area contributed by atoms with Crippen LogP contribution in [0, 0.1) is 4.77 Å². The van der Waals surface area contributed by atoms with Crippen molar-refractivity contribution in [2.75, 3.05) is 6.26 Å². The van der Waals surface area contributed by atoms with Gasteiger partial charge in [0.05, 0.1) is 0 Å². The van der Waals surface area contributed by atoms with E-state index in [-0.39, 0.29) is 0 Å². The third kappa shape index (κ3) is 2.85. The molecule has 14 heavy (non-hydrogen) atoms. The molecule has 0 spiro atoms. The van der Waals surface area contributed by atoms with Crippen LogP contribution in [0.5, 0.6) is 0 Å². The molecule has 0 amide bonds. The maximum Gasteiger partial charge on any atom is 0.195 e. The molecule has 0 fully saturated rings. The number of rotatable bonds is 5. The van der Waals surface area contributed by atoms with Crippen LogP contribution < -0.4 is 0 Å². The first kappa shape index (κ1) is 11.8. The monoisotopic (exact) mass is 231 g/mol. The summed E-state index contributed by atoms with van der Waals surface area (Å²) >= 11 is 7.05. The molecule has 1 atom stereocenters. The minimum absolute atomic E-state index is 0.677. The number of thioether (sulfide) groups is 1. The molecule has 1 N–H and O–H groups in total. The number of hydrogen-bond acceptors (Lipinski definition) is 3. The standard InChI is InChI=1S/C9H17N3S2/c1-4-8-10-11-9(13)12(8)6-5-7(2)14-3/h7H,4-6H2,1-3H3,(H,11,13). The minimum atomic E-state index is 0.677. The first-order chi connectivity index (χ1) is 6.69. The van der Waals surface area contributed by atoms with Crippen molar-refractivity contribution in [2.24, 2.45) is 0 Å². The molecule has 3 nitrogen and oxygen atoms in total. The van der Waals surface area contributed by atoms with E-state index in [9.17, 15) is 0 Å². The van der Waals surface area contributed by atoms with Crippen LogP contribution in [0.2, 0.25) is 0 Å². The molecule has 5 heteroatoms. The van der Waals surface area contributed by atoms with Gasteiger partial charge in [0.1, 0.15) is 5.82 Å². The molecule has 1 heterocycles. The van der Waals surface area contributed by atoms with Gasteiger partial charge in [-0.15, -0.1) is 0 Å². The molecule has 0 bridgehead atoms. The number of H-pyrrole nitrogens is 1. The van der Waals surface area contributed by atoms with Gasteiger partial charge >= 0.3 is 0 Å². The molecular formula is C9H17N3S2. The number of hydrogen-bond donors (Lipinski definition) is 1. The zero-order valence-electron chi connectivity index (χ0n) is 8.91. The summed E-state index contributed by atoms with van der Waals surface area (Å²) in [5, 5.41) is 7.69. The van der Waals surface area contributed by atoms with Crippen LogP contribution in [0.4, 0.5) is 0 Å². The number of nitrogens with one attached hydrogen (secondary N) is 1. The molecule has 0 radical (unpaired) electrons. The quantitative estimate of drug-likeness (QED) is 0.791. The Morgan fingerprint density at radius 1 is 1.64 bits per heavy atom. The topological polar surface area (TPSA) is 33.6 Å². The zero-order valence-corrected chi connectivity index (χ0v) is 10.5. The van der Waals surface area contributed by atoms with Crippen molar-refractivity contribution in [1.29, 1.82) is 0 Å². The average molecular weight is 231 g/mol. The third-order valence-corrected chi connectivity index (χ3v) is 3.67. The van der Waals surface area contributed by atoms with Gasteiger partial charge in [-0.3, -0.25) is 5.10 Å². The van der Waals surface area contributed by atoms with Gasteiger partial charge in [0, 0.05) is 18.2 Å². The Morgan fingerprint density at radius 2 is 2.36 bits per heavy atom. The van der Waals surface area contributed by atoms with E-state index in [1.165, 1.54) is 0 Å². The second-order valence-electron chi connectivity index (χ2n) is 3.29. The fourth-order valence-electron chi connectivity index (χ4n) is 1.28. The predicted octanol–water partition coefficient (Wildman–Crippen LogP) is 2.64. The Morgan fingerprint density at radius 3 is 2.93 bits per heavy atom. The predicted molar refractivity (Wildman–Crippen MR) is 64.4 cm³/mol. The van der Waals surface area contributed by atoms with Gasteiger partial charge in [-0.05, 0) is 24.9 Å². The van der Waals surface area contributed by atoms with Gasteiger partial charge < -0.3 is 4.57 Å². The van der Waals surface area contributed by atoms with Crippen molar-refractivity contribution in [3.05, 3.63) is 10.6 Å². The molecule has 0 aliphatic heterocycles. The van der Waals surface area contributed by atoms with Crippen LogP contribution in [0.15, 0.2) is 0 Å². The van der Waals surface area contributed by atoms with Gasteiger partial charge in [0.15, 0.2) is 4.77 Å². The van der Waals surface area contributed by atoms with E-state index in [1.54, 1.807) is 0 Å². The Kier molecular flexibility index (Phi) is 4.68.